The standard InChI is InChI=1S/C15H19NO3/c1-18-13-5-6-14(15(9-13)19-2)16-10-3-4-11(16)8-12(17)7-10/h5-6,9-11H,3-4,7-8H2,1-2H3. The van der Waals surface area contributed by atoms with Crippen molar-refractivity contribution in [2.24, 2.45) is 0 Å². The summed E-state index contributed by atoms with van der Waals surface area (Å²) in [5, 5.41) is 0. The molecule has 3 rings (SSSR count). The first-order chi connectivity index (χ1) is 9.22. The summed E-state index contributed by atoms with van der Waals surface area (Å²) in [7, 11) is 3.33. The van der Waals surface area contributed by atoms with Crippen molar-refractivity contribution in [3.05, 3.63) is 18.2 Å². The summed E-state index contributed by atoms with van der Waals surface area (Å²) in [4.78, 5) is 14.1. The van der Waals surface area contributed by atoms with Gasteiger partial charge in [-0.15, -0.1) is 0 Å². The Bertz CT molecular complexity index is 484. The molecule has 2 fully saturated rings. The van der Waals surface area contributed by atoms with Crippen LogP contribution in [0.3, 0.4) is 0 Å². The quantitative estimate of drug-likeness (QED) is 0.837. The van der Waals surface area contributed by atoms with Crippen LogP contribution in [0.15, 0.2) is 18.2 Å². The van der Waals surface area contributed by atoms with E-state index in [0.717, 1.165) is 30.0 Å². The summed E-state index contributed by atoms with van der Waals surface area (Å²) >= 11 is 0. The van der Waals surface area contributed by atoms with Gasteiger partial charge in [0.1, 0.15) is 17.3 Å². The number of ketones is 1. The van der Waals surface area contributed by atoms with Crippen molar-refractivity contribution in [2.45, 2.75) is 37.8 Å². The second kappa shape index (κ2) is 4.76. The van der Waals surface area contributed by atoms with Crippen molar-refractivity contribution in [2.75, 3.05) is 19.1 Å². The smallest absolute Gasteiger partial charge is 0.145 e. The van der Waals surface area contributed by atoms with Crippen LogP contribution in [0, 0.1) is 0 Å². The molecule has 0 radical (unpaired) electrons. The van der Waals surface area contributed by atoms with Crippen molar-refractivity contribution in [1.29, 1.82) is 0 Å². The van der Waals surface area contributed by atoms with Crippen LogP contribution in [0.4, 0.5) is 5.69 Å². The number of fused-ring (bicyclic) bond motifs is 2. The van der Waals surface area contributed by atoms with Gasteiger partial charge in [0.2, 0.25) is 0 Å². The predicted molar refractivity (Wildman–Crippen MR) is 73.1 cm³/mol. The molecule has 2 atom stereocenters. The summed E-state index contributed by atoms with van der Waals surface area (Å²) in [5.74, 6) is 2.02. The van der Waals surface area contributed by atoms with Crippen molar-refractivity contribution < 1.29 is 14.3 Å². The molecular formula is C15H19NO3. The molecule has 2 heterocycles. The molecule has 0 amide bonds. The fourth-order valence-corrected chi connectivity index (χ4v) is 3.36. The Morgan fingerprint density at radius 1 is 1.11 bits per heavy atom. The van der Waals surface area contributed by atoms with Gasteiger partial charge in [-0.2, -0.15) is 0 Å². The first-order valence-electron chi connectivity index (χ1n) is 6.75. The van der Waals surface area contributed by atoms with Crippen LogP contribution in [0.5, 0.6) is 11.5 Å². The van der Waals surface area contributed by atoms with E-state index in [1.807, 2.05) is 18.2 Å². The van der Waals surface area contributed by atoms with E-state index >= 15 is 0 Å². The average molecular weight is 261 g/mol. The lowest BCUT2D eigenvalue weighted by atomic mass is 10.0. The molecule has 0 aromatic heterocycles. The lowest BCUT2D eigenvalue weighted by molar-refractivity contribution is -0.120. The number of anilines is 1. The van der Waals surface area contributed by atoms with Gasteiger partial charge < -0.3 is 14.4 Å². The number of piperidine rings is 1. The second-order valence-corrected chi connectivity index (χ2v) is 5.28. The van der Waals surface area contributed by atoms with Crippen LogP contribution in [-0.4, -0.2) is 32.1 Å². The van der Waals surface area contributed by atoms with Crippen LogP contribution < -0.4 is 14.4 Å². The zero-order valence-corrected chi connectivity index (χ0v) is 11.4. The molecule has 2 aliphatic heterocycles. The van der Waals surface area contributed by atoms with Gasteiger partial charge in [-0.25, -0.2) is 0 Å². The minimum absolute atomic E-state index is 0.341. The average Bonchev–Trinajstić information content (AvgIpc) is 2.69. The Hall–Kier alpha value is -1.71. The molecule has 2 aliphatic rings. The predicted octanol–water partition coefficient (Wildman–Crippen LogP) is 2.40. The Kier molecular flexibility index (Phi) is 3.09. The zero-order valence-electron chi connectivity index (χ0n) is 11.4. The largest absolute Gasteiger partial charge is 0.497 e. The number of hydrogen-bond acceptors (Lipinski definition) is 4. The number of methoxy groups -OCH3 is 2. The topological polar surface area (TPSA) is 38.8 Å². The maximum absolute atomic E-state index is 11.7. The van der Waals surface area contributed by atoms with Gasteiger partial charge in [0.25, 0.3) is 0 Å². The number of hydrogen-bond donors (Lipinski definition) is 0. The zero-order chi connectivity index (χ0) is 13.4. The first kappa shape index (κ1) is 12.3. The number of rotatable bonds is 3. The molecule has 1 aromatic carbocycles. The molecule has 2 bridgehead atoms. The van der Waals surface area contributed by atoms with Gasteiger partial charge >= 0.3 is 0 Å². The van der Waals surface area contributed by atoms with E-state index in [9.17, 15) is 4.79 Å². The van der Waals surface area contributed by atoms with Gasteiger partial charge in [0.15, 0.2) is 0 Å². The van der Waals surface area contributed by atoms with E-state index in [1.165, 1.54) is 0 Å². The van der Waals surface area contributed by atoms with E-state index < -0.39 is 0 Å². The highest BCUT2D eigenvalue weighted by Gasteiger charge is 2.41. The van der Waals surface area contributed by atoms with Crippen molar-refractivity contribution >= 4 is 11.5 Å². The fraction of sp³-hybridized carbons (Fsp3) is 0.533. The third kappa shape index (κ3) is 2.05. The SMILES string of the molecule is COc1ccc(N2C3CCC2CC(=O)C3)c(OC)c1. The molecule has 2 unspecified atom stereocenters. The van der Waals surface area contributed by atoms with Crippen molar-refractivity contribution in [3.63, 3.8) is 0 Å². The number of benzene rings is 1. The Balaban J connectivity index is 1.96. The lowest BCUT2D eigenvalue weighted by Crippen LogP contribution is -2.43. The van der Waals surface area contributed by atoms with E-state index in [-0.39, 0.29) is 0 Å². The number of ether oxygens (including phenoxy) is 2. The highest BCUT2D eigenvalue weighted by molar-refractivity contribution is 5.83. The second-order valence-electron chi connectivity index (χ2n) is 5.28. The van der Waals surface area contributed by atoms with Gasteiger partial charge in [-0.3, -0.25) is 4.79 Å². The van der Waals surface area contributed by atoms with Gasteiger partial charge in [-0.1, -0.05) is 0 Å². The normalized spacial score (nSPS) is 25.6. The van der Waals surface area contributed by atoms with Gasteiger partial charge in [0, 0.05) is 31.0 Å². The van der Waals surface area contributed by atoms with Crippen LogP contribution in [0.1, 0.15) is 25.7 Å². The third-order valence-electron chi connectivity index (χ3n) is 4.21. The summed E-state index contributed by atoms with van der Waals surface area (Å²) < 4.78 is 10.7. The Morgan fingerprint density at radius 2 is 1.79 bits per heavy atom. The Labute approximate surface area is 113 Å². The van der Waals surface area contributed by atoms with Crippen LogP contribution in [-0.2, 0) is 4.79 Å². The van der Waals surface area contributed by atoms with Gasteiger partial charge in [-0.05, 0) is 25.0 Å². The van der Waals surface area contributed by atoms with Gasteiger partial charge in [0.05, 0.1) is 19.9 Å². The van der Waals surface area contributed by atoms with E-state index in [0.29, 0.717) is 30.7 Å². The van der Waals surface area contributed by atoms with Crippen LogP contribution in [0.2, 0.25) is 0 Å². The molecule has 4 heteroatoms. The van der Waals surface area contributed by atoms with Crippen molar-refractivity contribution in [1.82, 2.24) is 0 Å². The first-order valence-corrected chi connectivity index (χ1v) is 6.75. The van der Waals surface area contributed by atoms with Crippen molar-refractivity contribution in [3.8, 4) is 11.5 Å². The summed E-state index contributed by atoms with van der Waals surface area (Å²) in [5.41, 5.74) is 1.09. The highest BCUT2D eigenvalue weighted by atomic mass is 16.5. The molecule has 19 heavy (non-hydrogen) atoms. The monoisotopic (exact) mass is 261 g/mol. The molecule has 1 aromatic rings. The summed E-state index contributed by atoms with van der Waals surface area (Å²) in [6, 6.07) is 6.58. The maximum Gasteiger partial charge on any atom is 0.145 e. The van der Waals surface area contributed by atoms with Crippen LogP contribution >= 0.6 is 0 Å². The minimum atomic E-state index is 0.341. The maximum atomic E-state index is 11.7. The molecule has 0 N–H and O–H groups in total. The third-order valence-corrected chi connectivity index (χ3v) is 4.21. The summed E-state index contributed by atoms with van der Waals surface area (Å²) in [6.45, 7) is 0. The molecule has 0 aliphatic carbocycles. The summed E-state index contributed by atoms with van der Waals surface area (Å²) in [6.07, 6.45) is 3.55. The highest BCUT2D eigenvalue weighted by Crippen LogP contribution is 2.42. The Morgan fingerprint density at radius 3 is 2.37 bits per heavy atom. The number of carbonyl (C=O) groups is 1. The fourth-order valence-electron chi connectivity index (χ4n) is 3.36. The lowest BCUT2D eigenvalue weighted by Gasteiger charge is -2.36. The number of Topliss-reactive ketones (excluding diaryl/α,β-unsaturated/α-hetero) is 1. The molecule has 2 saturated heterocycles. The molecule has 0 saturated carbocycles. The molecular weight excluding hydrogens is 242 g/mol. The van der Waals surface area contributed by atoms with E-state index in [2.05, 4.69) is 4.90 Å². The molecule has 0 spiro atoms. The molecule has 102 valence electrons. The van der Waals surface area contributed by atoms with Crippen LogP contribution in [0.25, 0.3) is 0 Å². The molecule has 4 nitrogen and oxygen atoms in total. The van der Waals surface area contributed by atoms with E-state index in [4.69, 9.17) is 9.47 Å². The van der Waals surface area contributed by atoms with E-state index in [1.54, 1.807) is 14.2 Å². The minimum Gasteiger partial charge on any atom is -0.497 e. The number of nitrogens with zero attached hydrogens (tertiary/aromatic N) is 1. The number of carbonyl (C=O) groups excluding carboxylic acids is 1.